The summed E-state index contributed by atoms with van der Waals surface area (Å²) in [6, 6.07) is 9.99. The summed E-state index contributed by atoms with van der Waals surface area (Å²) < 4.78 is 2.85. The zero-order valence-electron chi connectivity index (χ0n) is 12.0. The number of hydrogen-bond acceptors (Lipinski definition) is 4. The Balaban J connectivity index is 1.83. The Hall–Kier alpha value is -2.53. The predicted octanol–water partition coefficient (Wildman–Crippen LogP) is 3.13. The fourth-order valence-electron chi connectivity index (χ4n) is 2.75. The molecule has 108 valence electrons. The molecule has 0 aliphatic carbocycles. The minimum Gasteiger partial charge on any atom is -0.311 e. The fourth-order valence-corrected chi connectivity index (χ4v) is 3.41. The van der Waals surface area contributed by atoms with E-state index in [9.17, 15) is 4.79 Å². The lowest BCUT2D eigenvalue weighted by atomic mass is 10.0. The van der Waals surface area contributed by atoms with Gasteiger partial charge >= 0.3 is 0 Å². The zero-order valence-corrected chi connectivity index (χ0v) is 12.8. The standard InChI is InChI=1S/C17H13N3OS/c1-20-15-4-5-18-9-13(15)8-12(17(20)21)6-11-2-3-16-14(7-11)19-10-22-16/h2-5,7-10H,6H2,1H3. The first-order valence-electron chi connectivity index (χ1n) is 6.97. The molecule has 0 aliphatic rings. The molecular weight excluding hydrogens is 294 g/mol. The van der Waals surface area contributed by atoms with Gasteiger partial charge in [-0.3, -0.25) is 9.78 Å². The van der Waals surface area contributed by atoms with Crippen molar-refractivity contribution in [2.45, 2.75) is 6.42 Å². The molecule has 0 saturated heterocycles. The van der Waals surface area contributed by atoms with Crippen molar-refractivity contribution in [3.8, 4) is 0 Å². The smallest absolute Gasteiger partial charge is 0.254 e. The van der Waals surface area contributed by atoms with Gasteiger partial charge in [0.15, 0.2) is 0 Å². The van der Waals surface area contributed by atoms with Crippen molar-refractivity contribution in [1.82, 2.24) is 14.5 Å². The fraction of sp³-hybridized carbons (Fsp3) is 0.118. The molecule has 0 atom stereocenters. The number of pyridine rings is 2. The molecule has 4 nitrogen and oxygen atoms in total. The number of hydrogen-bond donors (Lipinski definition) is 0. The number of aromatic nitrogens is 3. The Morgan fingerprint density at radius 1 is 1.23 bits per heavy atom. The Morgan fingerprint density at radius 3 is 3.05 bits per heavy atom. The average molecular weight is 307 g/mol. The second kappa shape index (κ2) is 5.03. The summed E-state index contributed by atoms with van der Waals surface area (Å²) in [5.41, 5.74) is 5.64. The van der Waals surface area contributed by atoms with Crippen molar-refractivity contribution >= 4 is 32.5 Å². The molecule has 1 aromatic carbocycles. The lowest BCUT2D eigenvalue weighted by molar-refractivity contribution is 0.881. The van der Waals surface area contributed by atoms with Crippen molar-refractivity contribution in [2.75, 3.05) is 0 Å². The van der Waals surface area contributed by atoms with Crippen molar-refractivity contribution in [3.63, 3.8) is 0 Å². The highest BCUT2D eigenvalue weighted by atomic mass is 32.1. The zero-order chi connectivity index (χ0) is 15.1. The monoisotopic (exact) mass is 307 g/mol. The molecule has 5 heteroatoms. The summed E-state index contributed by atoms with van der Waals surface area (Å²) in [4.78, 5) is 21.0. The van der Waals surface area contributed by atoms with Gasteiger partial charge in [-0.15, -0.1) is 11.3 Å². The minimum atomic E-state index is 0.0390. The first-order valence-corrected chi connectivity index (χ1v) is 7.85. The number of aryl methyl sites for hydroxylation is 1. The van der Waals surface area contributed by atoms with E-state index >= 15 is 0 Å². The van der Waals surface area contributed by atoms with Gasteiger partial charge in [0.05, 0.1) is 21.2 Å². The first kappa shape index (κ1) is 13.2. The quantitative estimate of drug-likeness (QED) is 0.571. The van der Waals surface area contributed by atoms with Gasteiger partial charge in [-0.2, -0.15) is 0 Å². The highest BCUT2D eigenvalue weighted by Crippen LogP contribution is 2.20. The van der Waals surface area contributed by atoms with Gasteiger partial charge in [0.1, 0.15) is 0 Å². The van der Waals surface area contributed by atoms with E-state index in [2.05, 4.69) is 28.2 Å². The molecule has 0 aliphatic heterocycles. The summed E-state index contributed by atoms with van der Waals surface area (Å²) in [7, 11) is 1.80. The van der Waals surface area contributed by atoms with Gasteiger partial charge in [-0.1, -0.05) is 6.07 Å². The van der Waals surface area contributed by atoms with E-state index in [0.29, 0.717) is 6.42 Å². The molecule has 4 rings (SSSR count). The van der Waals surface area contributed by atoms with Crippen LogP contribution in [-0.2, 0) is 13.5 Å². The van der Waals surface area contributed by atoms with E-state index in [1.54, 1.807) is 35.3 Å². The van der Waals surface area contributed by atoms with Crippen LogP contribution in [0.2, 0.25) is 0 Å². The largest absolute Gasteiger partial charge is 0.311 e. The molecule has 0 bridgehead atoms. The first-order chi connectivity index (χ1) is 10.7. The second-order valence-electron chi connectivity index (χ2n) is 5.30. The van der Waals surface area contributed by atoms with Crippen LogP contribution in [0.15, 0.2) is 53.0 Å². The second-order valence-corrected chi connectivity index (χ2v) is 6.19. The molecule has 0 saturated carbocycles. The molecular formula is C17H13N3OS. The number of fused-ring (bicyclic) bond motifs is 2. The maximum atomic E-state index is 12.5. The maximum absolute atomic E-state index is 12.5. The summed E-state index contributed by atoms with van der Waals surface area (Å²) in [6.45, 7) is 0. The van der Waals surface area contributed by atoms with E-state index in [4.69, 9.17) is 0 Å². The van der Waals surface area contributed by atoms with Crippen LogP contribution in [0.25, 0.3) is 21.1 Å². The van der Waals surface area contributed by atoms with E-state index in [0.717, 1.165) is 27.5 Å². The molecule has 4 aromatic rings. The number of benzene rings is 1. The Labute approximate surface area is 130 Å². The van der Waals surface area contributed by atoms with Gasteiger partial charge < -0.3 is 4.57 Å². The van der Waals surface area contributed by atoms with Crippen molar-refractivity contribution in [2.24, 2.45) is 7.05 Å². The highest BCUT2D eigenvalue weighted by molar-refractivity contribution is 7.16. The van der Waals surface area contributed by atoms with E-state index in [1.807, 2.05) is 17.6 Å². The van der Waals surface area contributed by atoms with Gasteiger partial charge in [-0.05, 0) is 29.8 Å². The van der Waals surface area contributed by atoms with E-state index < -0.39 is 0 Å². The topological polar surface area (TPSA) is 47.8 Å². The SMILES string of the molecule is Cn1c(=O)c(Cc2ccc3scnc3c2)cc2cnccc21. The van der Waals surface area contributed by atoms with Crippen LogP contribution >= 0.6 is 11.3 Å². The number of thiazole rings is 1. The molecule has 0 spiro atoms. The van der Waals surface area contributed by atoms with Crippen molar-refractivity contribution < 1.29 is 0 Å². The third kappa shape index (κ3) is 2.10. The molecule has 0 N–H and O–H groups in total. The van der Waals surface area contributed by atoms with E-state index in [-0.39, 0.29) is 5.56 Å². The van der Waals surface area contributed by atoms with Crippen LogP contribution in [0.5, 0.6) is 0 Å². The summed E-state index contributed by atoms with van der Waals surface area (Å²) in [6.07, 6.45) is 4.10. The summed E-state index contributed by atoms with van der Waals surface area (Å²) in [5, 5.41) is 0.981. The van der Waals surface area contributed by atoms with E-state index in [1.165, 1.54) is 4.70 Å². The third-order valence-electron chi connectivity index (χ3n) is 3.89. The molecule has 3 heterocycles. The minimum absolute atomic E-state index is 0.0390. The lowest BCUT2D eigenvalue weighted by Crippen LogP contribution is -2.21. The Bertz CT molecular complexity index is 1050. The van der Waals surface area contributed by atoms with Crippen LogP contribution in [0.4, 0.5) is 0 Å². The summed E-state index contributed by atoms with van der Waals surface area (Å²) >= 11 is 1.62. The Kier molecular flexibility index (Phi) is 3.01. The van der Waals surface area contributed by atoms with Gasteiger partial charge in [-0.25, -0.2) is 4.98 Å². The number of rotatable bonds is 2. The Morgan fingerprint density at radius 2 is 2.14 bits per heavy atom. The normalized spacial score (nSPS) is 11.3. The lowest BCUT2D eigenvalue weighted by Gasteiger charge is -2.08. The third-order valence-corrected chi connectivity index (χ3v) is 4.70. The maximum Gasteiger partial charge on any atom is 0.254 e. The molecule has 3 aromatic heterocycles. The van der Waals surface area contributed by atoms with Crippen molar-refractivity contribution in [1.29, 1.82) is 0 Å². The predicted molar refractivity (Wildman–Crippen MR) is 89.4 cm³/mol. The van der Waals surface area contributed by atoms with Crippen LogP contribution in [0.3, 0.4) is 0 Å². The van der Waals surface area contributed by atoms with Gasteiger partial charge in [0, 0.05) is 36.8 Å². The molecule has 0 unspecified atom stereocenters. The van der Waals surface area contributed by atoms with Gasteiger partial charge in [0.2, 0.25) is 0 Å². The molecule has 22 heavy (non-hydrogen) atoms. The number of nitrogens with zero attached hydrogens (tertiary/aromatic N) is 3. The van der Waals surface area contributed by atoms with Crippen LogP contribution < -0.4 is 5.56 Å². The van der Waals surface area contributed by atoms with Gasteiger partial charge in [0.25, 0.3) is 5.56 Å². The van der Waals surface area contributed by atoms with Crippen LogP contribution in [-0.4, -0.2) is 14.5 Å². The van der Waals surface area contributed by atoms with Crippen LogP contribution in [0.1, 0.15) is 11.1 Å². The van der Waals surface area contributed by atoms with Crippen molar-refractivity contribution in [3.05, 3.63) is 69.7 Å². The molecule has 0 radical (unpaired) electrons. The summed E-state index contributed by atoms with van der Waals surface area (Å²) in [5.74, 6) is 0. The van der Waals surface area contributed by atoms with Crippen LogP contribution in [0, 0.1) is 0 Å². The highest BCUT2D eigenvalue weighted by Gasteiger charge is 2.08. The average Bonchev–Trinajstić information content (AvgIpc) is 3.00. The molecule has 0 fully saturated rings. The molecule has 0 amide bonds.